The van der Waals surface area contributed by atoms with Crippen LogP contribution >= 0.6 is 0 Å². The van der Waals surface area contributed by atoms with Crippen molar-refractivity contribution in [3.05, 3.63) is 107 Å². The summed E-state index contributed by atoms with van der Waals surface area (Å²) in [6.07, 6.45) is 5.13. The number of piperidine rings is 1. The maximum atomic E-state index is 13.0. The molecule has 57 heavy (non-hydrogen) atoms. The molecule has 14 nitrogen and oxygen atoms in total. The molecule has 0 saturated carbocycles. The number of imide groups is 1. The molecule has 0 radical (unpaired) electrons. The maximum absolute atomic E-state index is 13.0. The van der Waals surface area contributed by atoms with Crippen LogP contribution in [0.1, 0.15) is 52.4 Å². The molecule has 2 fully saturated rings. The number of nitrogens with zero attached hydrogens (tertiary/aromatic N) is 3. The van der Waals surface area contributed by atoms with Gasteiger partial charge in [0.1, 0.15) is 25.0 Å². The van der Waals surface area contributed by atoms with Crippen molar-refractivity contribution in [3.8, 4) is 16.9 Å². The van der Waals surface area contributed by atoms with Gasteiger partial charge in [-0.25, -0.2) is 0 Å². The molecule has 0 spiro atoms. The second-order valence-corrected chi connectivity index (χ2v) is 14.8. The summed E-state index contributed by atoms with van der Waals surface area (Å²) in [4.78, 5) is 57.9. The molecule has 2 saturated heterocycles. The molecule has 4 N–H and O–H groups in total. The second kappa shape index (κ2) is 17.2. The summed E-state index contributed by atoms with van der Waals surface area (Å²) in [5, 5.41) is 19.1. The van der Waals surface area contributed by atoms with Gasteiger partial charge in [0, 0.05) is 59.8 Å². The molecule has 14 heteroatoms. The number of nitrogens with one attached hydrogen (secondary N) is 3. The van der Waals surface area contributed by atoms with Crippen molar-refractivity contribution in [1.82, 2.24) is 20.1 Å². The zero-order valence-corrected chi connectivity index (χ0v) is 31.5. The van der Waals surface area contributed by atoms with Crippen molar-refractivity contribution >= 4 is 35.0 Å². The van der Waals surface area contributed by atoms with Gasteiger partial charge in [0.2, 0.25) is 17.7 Å². The number of aliphatic hydroxyl groups is 1. The highest BCUT2D eigenvalue weighted by molar-refractivity contribution is 6.05. The number of hydrogen-bond acceptors (Lipinski definition) is 11. The van der Waals surface area contributed by atoms with E-state index in [2.05, 4.69) is 56.2 Å². The summed E-state index contributed by atoms with van der Waals surface area (Å²) in [7, 11) is 0. The molecule has 4 aliphatic rings. The Morgan fingerprint density at radius 1 is 0.912 bits per heavy atom. The molecule has 296 valence electrons. The number of rotatable bonds is 15. The lowest BCUT2D eigenvalue weighted by molar-refractivity contribution is -0.137. The number of amides is 4. The van der Waals surface area contributed by atoms with E-state index in [9.17, 15) is 24.3 Å². The summed E-state index contributed by atoms with van der Waals surface area (Å²) < 4.78 is 17.1. The van der Waals surface area contributed by atoms with Crippen LogP contribution < -0.4 is 20.7 Å². The molecular weight excluding hydrogens is 729 g/mol. The molecular formula is C43H46N6O8. The minimum atomic E-state index is -0.692. The molecule has 3 aromatic carbocycles. The normalized spacial score (nSPS) is 21.4. The van der Waals surface area contributed by atoms with Gasteiger partial charge in [-0.15, -0.1) is 0 Å². The average molecular weight is 775 g/mol. The van der Waals surface area contributed by atoms with Crippen LogP contribution in [0.15, 0.2) is 85.2 Å². The number of fused-ring (bicyclic) bond motifs is 4. The van der Waals surface area contributed by atoms with E-state index >= 15 is 0 Å². The lowest BCUT2D eigenvalue weighted by atomic mass is 9.82. The quantitative estimate of drug-likeness (QED) is 0.102. The van der Waals surface area contributed by atoms with E-state index in [1.165, 1.54) is 16.0 Å². The Morgan fingerprint density at radius 3 is 2.56 bits per heavy atom. The molecule has 1 unspecified atom stereocenters. The highest BCUT2D eigenvalue weighted by Crippen LogP contribution is 2.48. The smallest absolute Gasteiger partial charge is 0.255 e. The van der Waals surface area contributed by atoms with Gasteiger partial charge in [-0.1, -0.05) is 24.3 Å². The van der Waals surface area contributed by atoms with Gasteiger partial charge >= 0.3 is 0 Å². The average Bonchev–Trinajstić information content (AvgIpc) is 3.80. The summed E-state index contributed by atoms with van der Waals surface area (Å²) in [5.41, 5.74) is 7.33. The molecule has 4 aromatic rings. The lowest BCUT2D eigenvalue weighted by Gasteiger charge is -2.39. The van der Waals surface area contributed by atoms with Crippen molar-refractivity contribution in [2.45, 2.75) is 50.5 Å². The van der Waals surface area contributed by atoms with Gasteiger partial charge in [0.25, 0.3) is 5.91 Å². The monoisotopic (exact) mass is 774 g/mol. The minimum absolute atomic E-state index is 0.00468. The Labute approximate surface area is 330 Å². The van der Waals surface area contributed by atoms with E-state index in [0.29, 0.717) is 29.0 Å². The summed E-state index contributed by atoms with van der Waals surface area (Å²) in [6.45, 7) is 2.90. The van der Waals surface area contributed by atoms with E-state index in [4.69, 9.17) is 14.2 Å². The van der Waals surface area contributed by atoms with Crippen molar-refractivity contribution in [1.29, 1.82) is 0 Å². The predicted octanol–water partition coefficient (Wildman–Crippen LogP) is 3.91. The van der Waals surface area contributed by atoms with E-state index in [-0.39, 0.29) is 88.3 Å². The number of pyridine rings is 1. The zero-order chi connectivity index (χ0) is 39.3. The van der Waals surface area contributed by atoms with E-state index in [1.807, 2.05) is 36.7 Å². The molecule has 4 aliphatic heterocycles. The van der Waals surface area contributed by atoms with Crippen molar-refractivity contribution in [3.63, 3.8) is 0 Å². The number of ether oxygens (including phenoxy) is 3. The van der Waals surface area contributed by atoms with Crippen LogP contribution in [0.25, 0.3) is 11.1 Å². The number of hydrogen-bond donors (Lipinski definition) is 4. The highest BCUT2D eigenvalue weighted by Gasteiger charge is 2.44. The van der Waals surface area contributed by atoms with Crippen LogP contribution in [0.3, 0.4) is 0 Å². The van der Waals surface area contributed by atoms with Gasteiger partial charge < -0.3 is 34.9 Å². The molecule has 4 atom stereocenters. The van der Waals surface area contributed by atoms with Crippen LogP contribution in [0.5, 0.6) is 5.75 Å². The SMILES string of the molecule is O=C1CCC(N2Cc3c(OCCOCCOCC(=O)Nc4cccc(-c5ccc6c(c5)[C@H]5[C@H](CCN5Cc5ccncc5)[C@@H](CO)N6)c4)cccc3C2=O)C(=O)N1. The van der Waals surface area contributed by atoms with E-state index in [1.54, 1.807) is 18.2 Å². The van der Waals surface area contributed by atoms with Crippen LogP contribution in [0, 0.1) is 5.92 Å². The summed E-state index contributed by atoms with van der Waals surface area (Å²) in [5.74, 6) is -0.490. The third-order valence-electron chi connectivity index (χ3n) is 11.2. The number of aliphatic hydroxyl groups excluding tert-OH is 1. The van der Waals surface area contributed by atoms with Crippen LogP contribution in [-0.4, -0.2) is 102 Å². The number of benzene rings is 3. The largest absolute Gasteiger partial charge is 0.491 e. The van der Waals surface area contributed by atoms with Crippen molar-refractivity contribution in [2.75, 3.05) is 56.8 Å². The Bertz CT molecular complexity index is 2130. The van der Waals surface area contributed by atoms with Crippen LogP contribution in [0.2, 0.25) is 0 Å². The van der Waals surface area contributed by atoms with Gasteiger partial charge in [-0.2, -0.15) is 0 Å². The number of aromatic nitrogens is 1. The first-order chi connectivity index (χ1) is 27.9. The first-order valence-corrected chi connectivity index (χ1v) is 19.5. The highest BCUT2D eigenvalue weighted by atomic mass is 16.5. The van der Waals surface area contributed by atoms with Crippen LogP contribution in [0.4, 0.5) is 11.4 Å². The topological polar surface area (TPSA) is 172 Å². The number of carbonyl (C=O) groups is 4. The molecule has 0 bridgehead atoms. The fraction of sp³-hybridized carbons (Fsp3) is 0.372. The summed E-state index contributed by atoms with van der Waals surface area (Å²) in [6, 6.07) is 23.0. The third-order valence-corrected chi connectivity index (χ3v) is 11.2. The Hall–Kier alpha value is -5.67. The van der Waals surface area contributed by atoms with Crippen LogP contribution in [-0.2, 0) is 36.9 Å². The Balaban J connectivity index is 0.790. The maximum Gasteiger partial charge on any atom is 0.255 e. The van der Waals surface area contributed by atoms with E-state index < -0.39 is 11.9 Å². The fourth-order valence-corrected chi connectivity index (χ4v) is 8.50. The third kappa shape index (κ3) is 8.40. The Morgan fingerprint density at radius 2 is 1.72 bits per heavy atom. The molecule has 8 rings (SSSR count). The minimum Gasteiger partial charge on any atom is -0.491 e. The number of likely N-dealkylation sites (tertiary alicyclic amines) is 1. The molecule has 4 amide bonds. The second-order valence-electron chi connectivity index (χ2n) is 14.8. The molecule has 5 heterocycles. The van der Waals surface area contributed by atoms with Gasteiger partial charge in [0.15, 0.2) is 0 Å². The molecule has 0 aliphatic carbocycles. The fourth-order valence-electron chi connectivity index (χ4n) is 8.50. The zero-order valence-electron chi connectivity index (χ0n) is 31.5. The Kier molecular flexibility index (Phi) is 11.5. The summed E-state index contributed by atoms with van der Waals surface area (Å²) >= 11 is 0. The van der Waals surface area contributed by atoms with Gasteiger partial charge in [-0.3, -0.25) is 34.4 Å². The van der Waals surface area contributed by atoms with Gasteiger partial charge in [-0.05, 0) is 90.2 Å². The van der Waals surface area contributed by atoms with Crippen molar-refractivity contribution in [2.24, 2.45) is 5.92 Å². The molecule has 1 aromatic heterocycles. The number of anilines is 2. The standard InChI is InChI=1S/C43H46N6O8/c50-25-36-32-13-16-48(23-27-11-14-44-15-12-27)41(32)33-22-29(7-8-35(33)46-36)28-3-1-4-30(21-28)45-40(52)26-56-18-17-55-19-20-57-38-6-2-5-31-34(38)24-49(43(31)54)37-9-10-39(51)47-42(37)53/h1-8,11-12,14-15,21-22,32,36-37,41,46,50H,9-10,13,16-20,23-26H2,(H,45,52)(H,47,51,53)/t32-,36-,37?,41-/m1/s1. The predicted molar refractivity (Wildman–Crippen MR) is 210 cm³/mol. The van der Waals surface area contributed by atoms with Crippen molar-refractivity contribution < 1.29 is 38.5 Å². The number of carbonyl (C=O) groups excluding carboxylic acids is 4. The van der Waals surface area contributed by atoms with Gasteiger partial charge in [0.05, 0.1) is 39.0 Å². The first-order valence-electron chi connectivity index (χ1n) is 19.5. The lowest BCUT2D eigenvalue weighted by Crippen LogP contribution is -2.52. The van der Waals surface area contributed by atoms with E-state index in [0.717, 1.165) is 36.3 Å². The first kappa shape index (κ1) is 38.2.